The highest BCUT2D eigenvalue weighted by atomic mass is 32.1. The van der Waals surface area contributed by atoms with Gasteiger partial charge in [0.25, 0.3) is 0 Å². The quantitative estimate of drug-likeness (QED) is 0.775. The zero-order valence-corrected chi connectivity index (χ0v) is 8.36. The van der Waals surface area contributed by atoms with Crippen molar-refractivity contribution in [2.75, 3.05) is 6.54 Å². The van der Waals surface area contributed by atoms with E-state index in [1.807, 2.05) is 12.3 Å². The third kappa shape index (κ3) is 2.29. The molecule has 1 heterocycles. The minimum Gasteiger partial charge on any atom is -0.477 e. The average molecular weight is 199 g/mol. The second-order valence-corrected chi connectivity index (χ2v) is 3.79. The van der Waals surface area contributed by atoms with Crippen molar-refractivity contribution in [3.05, 3.63) is 21.4 Å². The van der Waals surface area contributed by atoms with E-state index in [-0.39, 0.29) is 0 Å². The molecule has 1 aromatic rings. The summed E-state index contributed by atoms with van der Waals surface area (Å²) in [4.78, 5) is 11.1. The van der Waals surface area contributed by atoms with Crippen molar-refractivity contribution in [2.24, 2.45) is 5.73 Å². The van der Waals surface area contributed by atoms with E-state index in [0.717, 1.165) is 24.0 Å². The number of aryl methyl sites for hydroxylation is 1. The Bertz CT molecular complexity index is 307. The van der Waals surface area contributed by atoms with E-state index in [0.29, 0.717) is 11.4 Å². The Kier molecular flexibility index (Phi) is 3.45. The van der Waals surface area contributed by atoms with Crippen molar-refractivity contribution in [3.63, 3.8) is 0 Å². The summed E-state index contributed by atoms with van der Waals surface area (Å²) in [5, 5.41) is 10.7. The normalized spacial score (nSPS) is 10.3. The molecule has 3 N–H and O–H groups in total. The largest absolute Gasteiger partial charge is 0.477 e. The maximum Gasteiger partial charge on any atom is 0.346 e. The van der Waals surface area contributed by atoms with E-state index in [1.54, 1.807) is 0 Å². The predicted molar refractivity (Wildman–Crippen MR) is 53.4 cm³/mol. The zero-order valence-electron chi connectivity index (χ0n) is 7.54. The highest BCUT2D eigenvalue weighted by Gasteiger charge is 2.12. The van der Waals surface area contributed by atoms with Gasteiger partial charge in [0.2, 0.25) is 0 Å². The van der Waals surface area contributed by atoms with E-state index in [9.17, 15) is 4.79 Å². The number of rotatable bonds is 4. The van der Waals surface area contributed by atoms with Gasteiger partial charge in [-0.2, -0.15) is 0 Å². The molecule has 0 amide bonds. The zero-order chi connectivity index (χ0) is 9.84. The van der Waals surface area contributed by atoms with Crippen LogP contribution in [0.5, 0.6) is 0 Å². The minimum absolute atomic E-state index is 0.451. The molecule has 0 aliphatic rings. The third-order valence-electron chi connectivity index (χ3n) is 1.99. The summed E-state index contributed by atoms with van der Waals surface area (Å²) in [6.07, 6.45) is 1.79. The van der Waals surface area contributed by atoms with Crippen LogP contribution in [0.2, 0.25) is 0 Å². The van der Waals surface area contributed by atoms with Gasteiger partial charge in [-0.05, 0) is 42.8 Å². The van der Waals surface area contributed by atoms with Gasteiger partial charge in [-0.15, -0.1) is 11.3 Å². The molecule has 0 atom stereocenters. The van der Waals surface area contributed by atoms with Crippen molar-refractivity contribution in [1.29, 1.82) is 0 Å². The Morgan fingerprint density at radius 3 is 2.85 bits per heavy atom. The van der Waals surface area contributed by atoms with E-state index in [2.05, 4.69) is 0 Å². The van der Waals surface area contributed by atoms with Gasteiger partial charge in [0.05, 0.1) is 0 Å². The number of carbonyl (C=O) groups is 1. The standard InChI is InChI=1S/C9H13NO2S/c1-6-7(3-2-4-10)5-13-8(6)9(11)12/h5H,2-4,10H2,1H3,(H,11,12). The third-order valence-corrected chi connectivity index (χ3v) is 3.10. The molecule has 3 nitrogen and oxygen atoms in total. The van der Waals surface area contributed by atoms with Crippen LogP contribution in [-0.2, 0) is 6.42 Å². The molecule has 13 heavy (non-hydrogen) atoms. The van der Waals surface area contributed by atoms with Crippen LogP contribution in [0.3, 0.4) is 0 Å². The summed E-state index contributed by atoms with van der Waals surface area (Å²) in [5.74, 6) is -0.832. The van der Waals surface area contributed by atoms with Crippen LogP contribution in [0.4, 0.5) is 0 Å². The number of nitrogens with two attached hydrogens (primary N) is 1. The van der Waals surface area contributed by atoms with Gasteiger partial charge in [-0.25, -0.2) is 4.79 Å². The monoisotopic (exact) mass is 199 g/mol. The molecule has 0 spiro atoms. The van der Waals surface area contributed by atoms with Crippen molar-refractivity contribution in [3.8, 4) is 0 Å². The van der Waals surface area contributed by atoms with Gasteiger partial charge in [0.1, 0.15) is 4.88 Å². The molecule has 0 aliphatic heterocycles. The number of hydrogen-bond acceptors (Lipinski definition) is 3. The molecule has 4 heteroatoms. The maximum atomic E-state index is 10.7. The first-order valence-electron chi connectivity index (χ1n) is 4.17. The number of thiophene rings is 1. The summed E-state index contributed by atoms with van der Waals surface area (Å²) in [6.45, 7) is 2.50. The maximum absolute atomic E-state index is 10.7. The molecular weight excluding hydrogens is 186 g/mol. The molecule has 0 saturated heterocycles. The number of hydrogen-bond donors (Lipinski definition) is 2. The SMILES string of the molecule is Cc1c(CCCN)csc1C(=O)O. The molecule has 0 aromatic carbocycles. The second kappa shape index (κ2) is 4.39. The molecule has 0 bridgehead atoms. The molecule has 72 valence electrons. The van der Waals surface area contributed by atoms with Crippen LogP contribution in [-0.4, -0.2) is 17.6 Å². The van der Waals surface area contributed by atoms with Gasteiger partial charge in [0, 0.05) is 0 Å². The van der Waals surface area contributed by atoms with E-state index in [4.69, 9.17) is 10.8 Å². The lowest BCUT2D eigenvalue weighted by Crippen LogP contribution is -2.01. The molecular formula is C9H13NO2S. The Balaban J connectivity index is 2.80. The average Bonchev–Trinajstić information content (AvgIpc) is 2.43. The Hall–Kier alpha value is -0.870. The molecule has 0 saturated carbocycles. The fourth-order valence-electron chi connectivity index (χ4n) is 1.20. The summed E-state index contributed by atoms with van der Waals surface area (Å²) in [6, 6.07) is 0. The van der Waals surface area contributed by atoms with Crippen LogP contribution >= 0.6 is 11.3 Å². The Morgan fingerprint density at radius 1 is 1.69 bits per heavy atom. The van der Waals surface area contributed by atoms with Crippen molar-refractivity contribution < 1.29 is 9.90 Å². The fraction of sp³-hybridized carbons (Fsp3) is 0.444. The molecule has 0 aliphatic carbocycles. The van der Waals surface area contributed by atoms with Crippen molar-refractivity contribution in [2.45, 2.75) is 19.8 Å². The van der Waals surface area contributed by atoms with Gasteiger partial charge < -0.3 is 10.8 Å². The van der Waals surface area contributed by atoms with Crippen LogP contribution < -0.4 is 5.73 Å². The van der Waals surface area contributed by atoms with Crippen molar-refractivity contribution >= 4 is 17.3 Å². The van der Waals surface area contributed by atoms with Crippen LogP contribution in [0.25, 0.3) is 0 Å². The van der Waals surface area contributed by atoms with E-state index < -0.39 is 5.97 Å². The highest BCUT2D eigenvalue weighted by molar-refractivity contribution is 7.12. The van der Waals surface area contributed by atoms with Crippen LogP contribution in [0.15, 0.2) is 5.38 Å². The number of carboxylic acids is 1. The Labute approximate surface area is 81.2 Å². The number of carboxylic acid groups (broad SMARTS) is 1. The first kappa shape index (κ1) is 10.2. The summed E-state index contributed by atoms with van der Waals surface area (Å²) in [5.41, 5.74) is 7.39. The molecule has 0 fully saturated rings. The van der Waals surface area contributed by atoms with Gasteiger partial charge in [0.15, 0.2) is 0 Å². The molecule has 1 rings (SSSR count). The van der Waals surface area contributed by atoms with Gasteiger partial charge in [-0.3, -0.25) is 0 Å². The van der Waals surface area contributed by atoms with Gasteiger partial charge >= 0.3 is 5.97 Å². The summed E-state index contributed by atoms with van der Waals surface area (Å²) in [7, 11) is 0. The van der Waals surface area contributed by atoms with Crippen LogP contribution in [0, 0.1) is 6.92 Å². The second-order valence-electron chi connectivity index (χ2n) is 2.91. The molecule has 0 unspecified atom stereocenters. The minimum atomic E-state index is -0.832. The van der Waals surface area contributed by atoms with Crippen molar-refractivity contribution in [1.82, 2.24) is 0 Å². The lowest BCUT2D eigenvalue weighted by molar-refractivity contribution is 0.0701. The first-order valence-corrected chi connectivity index (χ1v) is 5.05. The topological polar surface area (TPSA) is 63.3 Å². The van der Waals surface area contributed by atoms with E-state index >= 15 is 0 Å². The summed E-state index contributed by atoms with van der Waals surface area (Å²) < 4.78 is 0. The van der Waals surface area contributed by atoms with Gasteiger partial charge in [-0.1, -0.05) is 0 Å². The Morgan fingerprint density at radius 2 is 2.38 bits per heavy atom. The molecule has 0 radical (unpaired) electrons. The molecule has 1 aromatic heterocycles. The van der Waals surface area contributed by atoms with Crippen LogP contribution in [0.1, 0.15) is 27.2 Å². The smallest absolute Gasteiger partial charge is 0.346 e. The lowest BCUT2D eigenvalue weighted by Gasteiger charge is -1.98. The van der Waals surface area contributed by atoms with E-state index in [1.165, 1.54) is 11.3 Å². The summed E-state index contributed by atoms with van der Waals surface area (Å²) >= 11 is 1.29. The predicted octanol–water partition coefficient (Wildman–Crippen LogP) is 1.65. The fourth-order valence-corrected chi connectivity index (χ4v) is 2.17. The lowest BCUT2D eigenvalue weighted by atomic mass is 10.1. The number of aromatic carboxylic acids is 1. The highest BCUT2D eigenvalue weighted by Crippen LogP contribution is 2.22. The first-order chi connectivity index (χ1) is 6.16.